The standard InChI is InChI=1S/C8H19N2O.Al.2H/c1-9-5-4-7-11-8-6-10(2)3;;;/h4-8H2,1-3H3;;;/q-1;+1;;. The van der Waals surface area contributed by atoms with Crippen LogP contribution in [0.25, 0.3) is 0 Å². The quantitative estimate of drug-likeness (QED) is 0.393. The summed E-state index contributed by atoms with van der Waals surface area (Å²) in [5.74, 6) is 0. The highest BCUT2D eigenvalue weighted by molar-refractivity contribution is 6.04. The lowest BCUT2D eigenvalue weighted by atomic mass is 10.4. The topological polar surface area (TPSA) is 15.7 Å². The molecule has 0 bridgehead atoms. The van der Waals surface area contributed by atoms with Gasteiger partial charge in [0.05, 0.1) is 6.61 Å². The summed E-state index contributed by atoms with van der Waals surface area (Å²) in [5.41, 5.74) is 0. The average Bonchev–Trinajstić information content (AvgIpc) is 1.95. The van der Waals surface area contributed by atoms with E-state index in [9.17, 15) is 0 Å². The highest BCUT2D eigenvalue weighted by Crippen LogP contribution is 1.85. The third-order valence-electron chi connectivity index (χ3n) is 1.58. The highest BCUT2D eigenvalue weighted by atomic mass is 27.1. The Morgan fingerprint density at radius 2 is 1.75 bits per heavy atom. The van der Waals surface area contributed by atoms with E-state index in [4.69, 9.17) is 4.74 Å². The maximum Gasteiger partial charge on any atom is 0.321 e. The Morgan fingerprint density at radius 3 is 2.25 bits per heavy atom. The van der Waals surface area contributed by atoms with Gasteiger partial charge in [-0.2, -0.15) is 0 Å². The molecule has 0 aromatic heterocycles. The summed E-state index contributed by atoms with van der Waals surface area (Å²) in [6.07, 6.45) is 1.16. The van der Waals surface area contributed by atoms with Crippen LogP contribution in [0.5, 0.6) is 0 Å². The van der Waals surface area contributed by atoms with Crippen molar-refractivity contribution >= 4 is 16.5 Å². The molecule has 0 N–H and O–H groups in total. The van der Waals surface area contributed by atoms with Crippen LogP contribution in [0.2, 0.25) is 0 Å². The Morgan fingerprint density at radius 1 is 1.08 bits per heavy atom. The van der Waals surface area contributed by atoms with E-state index in [0.717, 1.165) is 42.7 Å². The van der Waals surface area contributed by atoms with Crippen LogP contribution in [0.15, 0.2) is 0 Å². The monoisotopic (exact) mass is 188 g/mol. The first-order valence-corrected chi connectivity index (χ1v) is 5.39. The number of rotatable bonds is 7. The van der Waals surface area contributed by atoms with Gasteiger partial charge in [-0.05, 0) is 34.1 Å². The van der Waals surface area contributed by atoms with Crippen molar-refractivity contribution in [1.82, 2.24) is 8.78 Å². The minimum atomic E-state index is 0.859. The van der Waals surface area contributed by atoms with E-state index in [-0.39, 0.29) is 0 Å². The second kappa shape index (κ2) is 8.03. The molecule has 0 amide bonds. The Kier molecular flexibility index (Phi) is 8.31. The lowest BCUT2D eigenvalue weighted by Gasteiger charge is -2.12. The van der Waals surface area contributed by atoms with Crippen molar-refractivity contribution in [3.63, 3.8) is 0 Å². The van der Waals surface area contributed by atoms with Gasteiger partial charge in [-0.15, -0.1) is 0 Å². The molecule has 0 fully saturated rings. The molecule has 0 atom stereocenters. The Balaban J connectivity index is 2.91. The average molecular weight is 188 g/mol. The summed E-state index contributed by atoms with van der Waals surface area (Å²) in [6, 6.07) is 0. The summed E-state index contributed by atoms with van der Waals surface area (Å²) >= 11 is 1.15. The zero-order valence-electron chi connectivity index (χ0n) is 8.84. The second-order valence-electron chi connectivity index (χ2n) is 3.57. The van der Waals surface area contributed by atoms with Crippen LogP contribution >= 0.6 is 0 Å². The van der Waals surface area contributed by atoms with Crippen molar-refractivity contribution in [2.75, 3.05) is 47.4 Å². The number of hydrogen-bond acceptors (Lipinski definition) is 3. The van der Waals surface area contributed by atoms with Crippen molar-refractivity contribution in [3.05, 3.63) is 0 Å². The first-order chi connectivity index (χ1) is 5.63. The molecule has 0 heterocycles. The van der Waals surface area contributed by atoms with Crippen molar-refractivity contribution in [1.29, 1.82) is 0 Å². The third kappa shape index (κ3) is 10.4. The van der Waals surface area contributed by atoms with Gasteiger partial charge in [0.25, 0.3) is 0 Å². The molecular formula is C8H21AlN2O. The second-order valence-corrected chi connectivity index (χ2v) is 5.10. The van der Waals surface area contributed by atoms with Crippen molar-refractivity contribution in [2.45, 2.75) is 6.42 Å². The molecule has 0 aliphatic heterocycles. The van der Waals surface area contributed by atoms with Crippen LogP contribution in [0.3, 0.4) is 0 Å². The van der Waals surface area contributed by atoms with E-state index >= 15 is 0 Å². The molecule has 4 heteroatoms. The fourth-order valence-electron chi connectivity index (χ4n) is 0.832. The predicted octanol–water partition coefficient (Wildman–Crippen LogP) is -0.565. The van der Waals surface area contributed by atoms with Gasteiger partial charge in [0.2, 0.25) is 0 Å². The zero-order valence-corrected chi connectivity index (χ0v) is 10.8. The Bertz CT molecular complexity index is 87.1. The molecule has 0 aromatic carbocycles. The van der Waals surface area contributed by atoms with Gasteiger partial charge in [-0.3, -0.25) is 0 Å². The van der Waals surface area contributed by atoms with E-state index in [1.807, 2.05) is 0 Å². The molecule has 0 aliphatic rings. The maximum atomic E-state index is 5.44. The lowest BCUT2D eigenvalue weighted by molar-refractivity contribution is 0.113. The van der Waals surface area contributed by atoms with Crippen LogP contribution in [-0.2, 0) is 4.74 Å². The highest BCUT2D eigenvalue weighted by Gasteiger charge is 1.92. The molecule has 0 saturated carbocycles. The van der Waals surface area contributed by atoms with Crippen LogP contribution in [-0.4, -0.2) is 72.7 Å². The zero-order chi connectivity index (χ0) is 9.40. The molecular weight excluding hydrogens is 167 g/mol. The van der Waals surface area contributed by atoms with Crippen molar-refractivity contribution in [3.8, 4) is 0 Å². The van der Waals surface area contributed by atoms with Crippen molar-refractivity contribution in [2.24, 2.45) is 0 Å². The molecule has 0 aliphatic carbocycles. The molecule has 0 spiro atoms. The first kappa shape index (κ1) is 12.4. The summed E-state index contributed by atoms with van der Waals surface area (Å²) in [6.45, 7) is 3.96. The number of ether oxygens (including phenoxy) is 1. The fraction of sp³-hybridized carbons (Fsp3) is 1.00. The van der Waals surface area contributed by atoms with E-state index in [1.54, 1.807) is 0 Å². The lowest BCUT2D eigenvalue weighted by Crippen LogP contribution is -2.20. The van der Waals surface area contributed by atoms with Crippen molar-refractivity contribution < 1.29 is 4.74 Å². The summed E-state index contributed by atoms with van der Waals surface area (Å²) < 4.78 is 7.76. The maximum absolute atomic E-state index is 5.44. The minimum Gasteiger partial charge on any atom is -0.393 e. The Hall–Kier alpha value is 0.412. The number of hydrogen-bond donors (Lipinski definition) is 0. The van der Waals surface area contributed by atoms with E-state index < -0.39 is 0 Å². The molecule has 0 unspecified atom stereocenters. The van der Waals surface area contributed by atoms with Gasteiger partial charge < -0.3 is 13.5 Å². The minimum absolute atomic E-state index is 0.859. The molecule has 3 nitrogen and oxygen atoms in total. The van der Waals surface area contributed by atoms with Gasteiger partial charge in [-0.25, -0.2) is 0 Å². The fourth-order valence-corrected chi connectivity index (χ4v) is 1.15. The van der Waals surface area contributed by atoms with Crippen LogP contribution in [0.1, 0.15) is 6.42 Å². The molecule has 0 aromatic rings. The van der Waals surface area contributed by atoms with Gasteiger partial charge in [-0.1, -0.05) is 0 Å². The summed E-state index contributed by atoms with van der Waals surface area (Å²) in [5, 5.41) is 0. The summed E-state index contributed by atoms with van der Waals surface area (Å²) in [4.78, 5) is 2.14. The van der Waals surface area contributed by atoms with Gasteiger partial charge in [0.15, 0.2) is 0 Å². The molecule has 0 radical (unpaired) electrons. The largest absolute Gasteiger partial charge is 0.393 e. The summed E-state index contributed by atoms with van der Waals surface area (Å²) in [7, 11) is 6.27. The first-order valence-electron chi connectivity index (χ1n) is 4.50. The van der Waals surface area contributed by atoms with Crippen LogP contribution in [0.4, 0.5) is 0 Å². The molecule has 72 valence electrons. The molecule has 0 rings (SSSR count). The van der Waals surface area contributed by atoms with E-state index in [1.165, 1.54) is 6.54 Å². The van der Waals surface area contributed by atoms with Crippen LogP contribution in [0, 0.1) is 0 Å². The predicted molar refractivity (Wildman–Crippen MR) is 55.2 cm³/mol. The van der Waals surface area contributed by atoms with E-state index in [2.05, 4.69) is 29.9 Å². The Labute approximate surface area is 84.3 Å². The normalized spacial score (nSPS) is 11.4. The smallest absolute Gasteiger partial charge is 0.321 e. The molecule has 0 saturated heterocycles. The van der Waals surface area contributed by atoms with Gasteiger partial charge in [0.1, 0.15) is 0 Å². The number of likely N-dealkylation sites (N-methyl/N-ethyl adjacent to an activating group) is 1. The molecule has 12 heavy (non-hydrogen) atoms. The van der Waals surface area contributed by atoms with Crippen LogP contribution < -0.4 is 0 Å². The third-order valence-corrected chi connectivity index (χ3v) is 2.02. The van der Waals surface area contributed by atoms with E-state index in [0.29, 0.717) is 0 Å². The SMILES string of the molecule is CN(C)CCOCCC[N](C)[AlH2]. The van der Waals surface area contributed by atoms with Gasteiger partial charge >= 0.3 is 16.5 Å². The van der Waals surface area contributed by atoms with Gasteiger partial charge in [0, 0.05) is 13.2 Å². The number of nitrogens with zero attached hydrogens (tertiary/aromatic N) is 2.